The molecule has 0 amide bonds. The minimum Gasteiger partial charge on any atom is -0.329 e. The minimum atomic E-state index is 0.226. The van der Waals surface area contributed by atoms with E-state index in [0.717, 1.165) is 19.5 Å². The van der Waals surface area contributed by atoms with Gasteiger partial charge in [0.2, 0.25) is 0 Å². The van der Waals surface area contributed by atoms with Crippen molar-refractivity contribution in [2.75, 3.05) is 13.1 Å². The van der Waals surface area contributed by atoms with Crippen LogP contribution in [0.2, 0.25) is 0 Å². The molecule has 0 unspecified atom stereocenters. The van der Waals surface area contributed by atoms with E-state index in [4.69, 9.17) is 5.73 Å². The zero-order chi connectivity index (χ0) is 11.0. The summed E-state index contributed by atoms with van der Waals surface area (Å²) in [6.45, 7) is 5.56. The van der Waals surface area contributed by atoms with Crippen LogP contribution in [0, 0.1) is 0 Å². The van der Waals surface area contributed by atoms with E-state index < -0.39 is 0 Å². The number of hydrogen-bond acceptors (Lipinski definition) is 2. The van der Waals surface area contributed by atoms with E-state index in [9.17, 15) is 0 Å². The molecule has 0 spiro atoms. The smallest absolute Gasteiger partial charge is 0.0304 e. The van der Waals surface area contributed by atoms with Crippen molar-refractivity contribution in [2.24, 2.45) is 5.73 Å². The van der Waals surface area contributed by atoms with Gasteiger partial charge in [-0.3, -0.25) is 0 Å². The zero-order valence-electron chi connectivity index (χ0n) is 9.93. The number of rotatable bonds is 5. The zero-order valence-corrected chi connectivity index (χ0v) is 9.93. The lowest BCUT2D eigenvalue weighted by atomic mass is 9.84. The molecule has 1 aliphatic carbocycles. The van der Waals surface area contributed by atoms with Gasteiger partial charge < -0.3 is 11.1 Å². The Balaban J connectivity index is 2.42. The molecule has 0 saturated heterocycles. The lowest BCUT2D eigenvalue weighted by Gasteiger charge is -2.35. The third-order valence-corrected chi connectivity index (χ3v) is 3.55. The van der Waals surface area contributed by atoms with E-state index in [0.29, 0.717) is 0 Å². The largest absolute Gasteiger partial charge is 0.329 e. The number of hydrogen-bond donors (Lipinski definition) is 2. The van der Waals surface area contributed by atoms with Gasteiger partial charge in [0.15, 0.2) is 0 Å². The van der Waals surface area contributed by atoms with Crippen LogP contribution in [0.5, 0.6) is 0 Å². The standard InChI is InChI=1S/C13H26N2/c1-2-3-11-15-13(12-14)9-7-5-4-6-8-10-13/h2,15H,1,3-12,14H2. The Morgan fingerprint density at radius 3 is 2.27 bits per heavy atom. The average molecular weight is 210 g/mol. The maximum absolute atomic E-state index is 5.95. The molecule has 0 aliphatic heterocycles. The van der Waals surface area contributed by atoms with Crippen molar-refractivity contribution in [3.8, 4) is 0 Å². The van der Waals surface area contributed by atoms with Crippen LogP contribution in [0.1, 0.15) is 51.4 Å². The third kappa shape index (κ3) is 4.35. The first kappa shape index (κ1) is 12.7. The Labute approximate surface area is 94.3 Å². The van der Waals surface area contributed by atoms with Crippen LogP contribution in [0.15, 0.2) is 12.7 Å². The molecule has 0 aromatic rings. The van der Waals surface area contributed by atoms with Crippen molar-refractivity contribution in [2.45, 2.75) is 56.9 Å². The molecule has 2 heteroatoms. The molecule has 0 bridgehead atoms. The molecule has 1 aliphatic rings. The van der Waals surface area contributed by atoms with Gasteiger partial charge >= 0.3 is 0 Å². The van der Waals surface area contributed by atoms with Crippen molar-refractivity contribution in [3.05, 3.63) is 12.7 Å². The summed E-state index contributed by atoms with van der Waals surface area (Å²) in [7, 11) is 0. The summed E-state index contributed by atoms with van der Waals surface area (Å²) in [4.78, 5) is 0. The van der Waals surface area contributed by atoms with Gasteiger partial charge in [0.25, 0.3) is 0 Å². The van der Waals surface area contributed by atoms with Crippen LogP contribution in [0.3, 0.4) is 0 Å². The molecule has 88 valence electrons. The predicted molar refractivity (Wildman–Crippen MR) is 66.9 cm³/mol. The molecule has 1 fully saturated rings. The lowest BCUT2D eigenvalue weighted by molar-refractivity contribution is 0.259. The summed E-state index contributed by atoms with van der Waals surface area (Å²) in [6.07, 6.45) is 12.4. The van der Waals surface area contributed by atoms with E-state index in [1.807, 2.05) is 6.08 Å². The van der Waals surface area contributed by atoms with Crippen LogP contribution in [0.4, 0.5) is 0 Å². The van der Waals surface area contributed by atoms with Gasteiger partial charge in [-0.15, -0.1) is 6.58 Å². The topological polar surface area (TPSA) is 38.0 Å². The van der Waals surface area contributed by atoms with Crippen LogP contribution >= 0.6 is 0 Å². The van der Waals surface area contributed by atoms with Gasteiger partial charge in [-0.25, -0.2) is 0 Å². The lowest BCUT2D eigenvalue weighted by Crippen LogP contribution is -2.51. The van der Waals surface area contributed by atoms with Crippen molar-refractivity contribution < 1.29 is 0 Å². The molecule has 0 aromatic carbocycles. The highest BCUT2D eigenvalue weighted by atomic mass is 15.0. The van der Waals surface area contributed by atoms with Gasteiger partial charge in [0, 0.05) is 12.1 Å². The van der Waals surface area contributed by atoms with Gasteiger partial charge in [-0.2, -0.15) is 0 Å². The second kappa shape index (κ2) is 7.02. The third-order valence-electron chi connectivity index (χ3n) is 3.55. The monoisotopic (exact) mass is 210 g/mol. The van der Waals surface area contributed by atoms with E-state index in [2.05, 4.69) is 11.9 Å². The van der Waals surface area contributed by atoms with Crippen molar-refractivity contribution >= 4 is 0 Å². The van der Waals surface area contributed by atoms with Gasteiger partial charge in [-0.05, 0) is 25.8 Å². The SMILES string of the molecule is C=CCCNC1(CN)CCCCCCC1. The fraction of sp³-hybridized carbons (Fsp3) is 0.846. The van der Waals surface area contributed by atoms with Gasteiger partial charge in [0.1, 0.15) is 0 Å². The fourth-order valence-electron chi connectivity index (χ4n) is 2.47. The minimum absolute atomic E-state index is 0.226. The predicted octanol–water partition coefficient (Wildman–Crippen LogP) is 2.59. The molecule has 0 atom stereocenters. The molecular weight excluding hydrogens is 184 g/mol. The summed E-state index contributed by atoms with van der Waals surface area (Å²) < 4.78 is 0. The summed E-state index contributed by atoms with van der Waals surface area (Å²) >= 11 is 0. The Hall–Kier alpha value is -0.340. The summed E-state index contributed by atoms with van der Waals surface area (Å²) in [5.74, 6) is 0. The van der Waals surface area contributed by atoms with Crippen LogP contribution in [-0.4, -0.2) is 18.6 Å². The fourth-order valence-corrected chi connectivity index (χ4v) is 2.47. The molecular formula is C13H26N2. The maximum atomic E-state index is 5.95. The van der Waals surface area contributed by atoms with Gasteiger partial charge in [0.05, 0.1) is 0 Å². The quantitative estimate of drug-likeness (QED) is 0.541. The molecule has 1 rings (SSSR count). The Morgan fingerprint density at radius 2 is 1.73 bits per heavy atom. The van der Waals surface area contributed by atoms with E-state index in [1.165, 1.54) is 44.9 Å². The van der Waals surface area contributed by atoms with E-state index >= 15 is 0 Å². The molecule has 0 radical (unpaired) electrons. The Morgan fingerprint density at radius 1 is 1.13 bits per heavy atom. The van der Waals surface area contributed by atoms with Crippen molar-refractivity contribution in [1.82, 2.24) is 5.32 Å². The number of nitrogens with one attached hydrogen (secondary N) is 1. The highest BCUT2D eigenvalue weighted by molar-refractivity contribution is 4.90. The normalized spacial score (nSPS) is 21.7. The molecule has 0 aromatic heterocycles. The van der Waals surface area contributed by atoms with Gasteiger partial charge in [-0.1, -0.05) is 38.2 Å². The second-order valence-electron chi connectivity index (χ2n) is 4.76. The summed E-state index contributed by atoms with van der Waals surface area (Å²) in [6, 6.07) is 0. The Bertz CT molecular complexity index is 169. The van der Waals surface area contributed by atoms with Crippen molar-refractivity contribution in [3.63, 3.8) is 0 Å². The molecule has 2 nitrogen and oxygen atoms in total. The molecule has 1 saturated carbocycles. The summed E-state index contributed by atoms with van der Waals surface area (Å²) in [5.41, 5.74) is 6.18. The Kier molecular flexibility index (Phi) is 5.96. The second-order valence-corrected chi connectivity index (χ2v) is 4.76. The highest BCUT2D eigenvalue weighted by Crippen LogP contribution is 2.25. The molecule has 15 heavy (non-hydrogen) atoms. The van der Waals surface area contributed by atoms with Crippen molar-refractivity contribution in [1.29, 1.82) is 0 Å². The summed E-state index contributed by atoms with van der Waals surface area (Å²) in [5, 5.41) is 3.66. The average Bonchev–Trinajstić information content (AvgIpc) is 2.22. The number of nitrogens with two attached hydrogens (primary N) is 1. The van der Waals surface area contributed by atoms with E-state index in [1.54, 1.807) is 0 Å². The first-order valence-electron chi connectivity index (χ1n) is 6.39. The maximum Gasteiger partial charge on any atom is 0.0304 e. The van der Waals surface area contributed by atoms with Crippen LogP contribution < -0.4 is 11.1 Å². The molecule has 0 heterocycles. The van der Waals surface area contributed by atoms with Crippen LogP contribution in [-0.2, 0) is 0 Å². The first-order chi connectivity index (χ1) is 7.33. The first-order valence-corrected chi connectivity index (χ1v) is 6.39. The molecule has 3 N–H and O–H groups in total. The highest BCUT2D eigenvalue weighted by Gasteiger charge is 2.27. The van der Waals surface area contributed by atoms with E-state index in [-0.39, 0.29) is 5.54 Å². The van der Waals surface area contributed by atoms with Crippen LogP contribution in [0.25, 0.3) is 0 Å².